The van der Waals surface area contributed by atoms with E-state index in [9.17, 15) is 0 Å². The molecule has 0 radical (unpaired) electrons. The van der Waals surface area contributed by atoms with Crippen molar-refractivity contribution in [3.63, 3.8) is 0 Å². The van der Waals surface area contributed by atoms with Crippen molar-refractivity contribution in [1.82, 2.24) is 0 Å². The Morgan fingerprint density at radius 3 is 1.62 bits per heavy atom. The first-order valence-corrected chi connectivity index (χ1v) is 9.84. The summed E-state index contributed by atoms with van der Waals surface area (Å²) >= 11 is 0. The highest BCUT2D eigenvalue weighted by Crippen LogP contribution is 2.44. The predicted molar refractivity (Wildman–Crippen MR) is 104 cm³/mol. The van der Waals surface area contributed by atoms with Crippen molar-refractivity contribution < 1.29 is 18.9 Å². The third-order valence-corrected chi connectivity index (χ3v) is 4.70. The molecule has 2 aromatic carbocycles. The summed E-state index contributed by atoms with van der Waals surface area (Å²) in [6.45, 7) is 6.23. The lowest BCUT2D eigenvalue weighted by Gasteiger charge is -2.25. The van der Waals surface area contributed by atoms with E-state index in [0.29, 0.717) is 13.6 Å². The summed E-state index contributed by atoms with van der Waals surface area (Å²) in [7, 11) is 0. The third-order valence-electron chi connectivity index (χ3n) is 4.70. The normalized spacial score (nSPS) is 13.6. The van der Waals surface area contributed by atoms with E-state index in [1.54, 1.807) is 0 Å². The van der Waals surface area contributed by atoms with Gasteiger partial charge in [-0.2, -0.15) is 0 Å². The second kappa shape index (κ2) is 9.79. The van der Waals surface area contributed by atoms with Gasteiger partial charge in [-0.1, -0.05) is 38.1 Å². The molecular weight excluding hydrogens is 328 g/mol. The van der Waals surface area contributed by atoms with Crippen molar-refractivity contribution in [2.45, 2.75) is 52.4 Å². The molecule has 0 unspecified atom stereocenters. The molecule has 4 heteroatoms. The van der Waals surface area contributed by atoms with Gasteiger partial charge < -0.3 is 18.9 Å². The summed E-state index contributed by atoms with van der Waals surface area (Å²) in [4.78, 5) is 0. The maximum atomic E-state index is 6.11. The van der Waals surface area contributed by atoms with Gasteiger partial charge in [0.05, 0.1) is 13.2 Å². The number of fused-ring (bicyclic) bond motifs is 2. The lowest BCUT2D eigenvalue weighted by atomic mass is 9.87. The van der Waals surface area contributed by atoms with Gasteiger partial charge in [0.25, 0.3) is 0 Å². The van der Waals surface area contributed by atoms with Gasteiger partial charge in [-0.05, 0) is 38.5 Å². The van der Waals surface area contributed by atoms with Crippen molar-refractivity contribution in [3.05, 3.63) is 35.4 Å². The molecule has 0 N–H and O–H groups in total. The molecule has 0 saturated heterocycles. The summed E-state index contributed by atoms with van der Waals surface area (Å²) in [5.41, 5.74) is 2.56. The van der Waals surface area contributed by atoms with Crippen LogP contribution in [-0.2, 0) is 22.3 Å². The highest BCUT2D eigenvalue weighted by atomic mass is 16.7. The molecule has 0 fully saturated rings. The zero-order chi connectivity index (χ0) is 18.2. The van der Waals surface area contributed by atoms with E-state index < -0.39 is 0 Å². The molecule has 1 aliphatic rings. The first kappa shape index (κ1) is 19.0. The Morgan fingerprint density at radius 1 is 0.731 bits per heavy atom. The summed E-state index contributed by atoms with van der Waals surface area (Å²) < 4.78 is 23.4. The smallest absolute Gasteiger partial charge is 0.189 e. The van der Waals surface area contributed by atoms with Gasteiger partial charge in [-0.25, -0.2) is 0 Å². The molecule has 3 rings (SSSR count). The molecule has 0 amide bonds. The van der Waals surface area contributed by atoms with Gasteiger partial charge in [-0.3, -0.25) is 0 Å². The molecule has 142 valence electrons. The topological polar surface area (TPSA) is 36.9 Å². The SMILES string of the molecule is CCCOCOc1c2c(c(OCOCCC)c3ccccc13)CCCC2. The van der Waals surface area contributed by atoms with Crippen LogP contribution < -0.4 is 9.47 Å². The molecule has 0 spiro atoms. The molecule has 0 atom stereocenters. The molecule has 0 aliphatic heterocycles. The maximum Gasteiger partial charge on any atom is 0.189 e. The lowest BCUT2D eigenvalue weighted by Crippen LogP contribution is -2.13. The van der Waals surface area contributed by atoms with Crippen LogP contribution in [0.25, 0.3) is 10.8 Å². The van der Waals surface area contributed by atoms with Crippen LogP contribution in [0.2, 0.25) is 0 Å². The van der Waals surface area contributed by atoms with Gasteiger partial charge in [-0.15, -0.1) is 0 Å². The minimum atomic E-state index is 0.296. The molecule has 1 aliphatic carbocycles. The summed E-state index contributed by atoms with van der Waals surface area (Å²) in [5.74, 6) is 1.93. The molecule has 0 saturated carbocycles. The zero-order valence-corrected chi connectivity index (χ0v) is 16.0. The summed E-state index contributed by atoms with van der Waals surface area (Å²) in [6, 6.07) is 8.32. The van der Waals surface area contributed by atoms with Crippen LogP contribution in [0.5, 0.6) is 11.5 Å². The van der Waals surface area contributed by atoms with Gasteiger partial charge in [0.2, 0.25) is 0 Å². The van der Waals surface area contributed by atoms with E-state index in [2.05, 4.69) is 38.1 Å². The number of ether oxygens (including phenoxy) is 4. The Bertz CT molecular complexity index is 650. The molecule has 0 aromatic heterocycles. The van der Waals surface area contributed by atoms with Crippen molar-refractivity contribution in [1.29, 1.82) is 0 Å². The fraction of sp³-hybridized carbons (Fsp3) is 0.545. The average Bonchev–Trinajstić information content (AvgIpc) is 2.69. The second-order valence-electron chi connectivity index (χ2n) is 6.71. The van der Waals surface area contributed by atoms with Crippen molar-refractivity contribution in [2.75, 3.05) is 26.8 Å². The average molecular weight is 358 g/mol. The first-order valence-electron chi connectivity index (χ1n) is 9.84. The minimum Gasteiger partial charge on any atom is -0.467 e. The number of hydrogen-bond donors (Lipinski definition) is 0. The third kappa shape index (κ3) is 4.30. The van der Waals surface area contributed by atoms with Gasteiger partial charge >= 0.3 is 0 Å². The Balaban J connectivity index is 1.96. The van der Waals surface area contributed by atoms with E-state index >= 15 is 0 Å². The Morgan fingerprint density at radius 2 is 1.19 bits per heavy atom. The van der Waals surface area contributed by atoms with Crippen LogP contribution in [0, 0.1) is 0 Å². The first-order chi connectivity index (χ1) is 12.9. The molecule has 4 nitrogen and oxygen atoms in total. The predicted octanol–water partition coefficient (Wildman–Crippen LogP) is 5.24. The maximum absolute atomic E-state index is 6.11. The summed E-state index contributed by atoms with van der Waals surface area (Å²) in [5, 5.41) is 2.19. The molecule has 26 heavy (non-hydrogen) atoms. The van der Waals surface area contributed by atoms with E-state index in [1.165, 1.54) is 24.0 Å². The number of rotatable bonds is 10. The van der Waals surface area contributed by atoms with E-state index in [0.717, 1.165) is 61.2 Å². The van der Waals surface area contributed by atoms with E-state index in [4.69, 9.17) is 18.9 Å². The largest absolute Gasteiger partial charge is 0.467 e. The van der Waals surface area contributed by atoms with Crippen molar-refractivity contribution >= 4 is 10.8 Å². The highest BCUT2D eigenvalue weighted by Gasteiger charge is 2.23. The quantitative estimate of drug-likeness (QED) is 0.430. The van der Waals surface area contributed by atoms with Crippen LogP contribution in [-0.4, -0.2) is 26.8 Å². The van der Waals surface area contributed by atoms with Crippen molar-refractivity contribution in [3.8, 4) is 11.5 Å². The Hall–Kier alpha value is -1.78. The van der Waals surface area contributed by atoms with Crippen LogP contribution in [0.4, 0.5) is 0 Å². The summed E-state index contributed by atoms with van der Waals surface area (Å²) in [6.07, 6.45) is 6.40. The molecule has 0 heterocycles. The van der Waals surface area contributed by atoms with Crippen LogP contribution >= 0.6 is 0 Å². The number of benzene rings is 2. The van der Waals surface area contributed by atoms with Crippen LogP contribution in [0.3, 0.4) is 0 Å². The standard InChI is InChI=1S/C22H30O4/c1-3-13-23-15-25-21-17-9-5-7-11-19(17)22(26-16-24-14-4-2)20-12-8-6-10-18(20)21/h5,7,9,11H,3-4,6,8,10,12-16H2,1-2H3. The van der Waals surface area contributed by atoms with Gasteiger partial charge in [0.1, 0.15) is 11.5 Å². The van der Waals surface area contributed by atoms with Crippen LogP contribution in [0.15, 0.2) is 24.3 Å². The van der Waals surface area contributed by atoms with E-state index in [1.807, 2.05) is 0 Å². The zero-order valence-electron chi connectivity index (χ0n) is 16.0. The highest BCUT2D eigenvalue weighted by molar-refractivity contribution is 5.96. The number of hydrogen-bond acceptors (Lipinski definition) is 4. The molecule has 0 bridgehead atoms. The Labute approximate surface area is 156 Å². The van der Waals surface area contributed by atoms with Crippen LogP contribution in [0.1, 0.15) is 50.7 Å². The monoisotopic (exact) mass is 358 g/mol. The minimum absolute atomic E-state index is 0.296. The Kier molecular flexibility index (Phi) is 7.15. The second-order valence-corrected chi connectivity index (χ2v) is 6.71. The molecular formula is C22H30O4. The van der Waals surface area contributed by atoms with Gasteiger partial charge in [0.15, 0.2) is 13.6 Å². The van der Waals surface area contributed by atoms with Crippen molar-refractivity contribution in [2.24, 2.45) is 0 Å². The van der Waals surface area contributed by atoms with Gasteiger partial charge in [0, 0.05) is 21.9 Å². The van der Waals surface area contributed by atoms with E-state index in [-0.39, 0.29) is 0 Å². The fourth-order valence-electron chi connectivity index (χ4n) is 3.55. The lowest BCUT2D eigenvalue weighted by molar-refractivity contribution is 0.0137. The molecule has 2 aromatic rings. The fourth-order valence-corrected chi connectivity index (χ4v) is 3.55.